The number of sulfonamides is 1. The molecule has 0 bridgehead atoms. The molecule has 3 rings (SSSR count). The molecule has 2 aromatic carbocycles. The van der Waals surface area contributed by atoms with Gasteiger partial charge in [0, 0.05) is 28.4 Å². The van der Waals surface area contributed by atoms with E-state index in [9.17, 15) is 21.6 Å². The van der Waals surface area contributed by atoms with Crippen LogP contribution in [0.1, 0.15) is 28.5 Å². The molecule has 148 valence electrons. The van der Waals surface area contributed by atoms with E-state index in [0.29, 0.717) is 0 Å². The number of H-pyrrole nitrogens is 1. The van der Waals surface area contributed by atoms with Gasteiger partial charge in [-0.05, 0) is 61.4 Å². The Balaban J connectivity index is 1.90. The fourth-order valence-electron chi connectivity index (χ4n) is 3.09. The van der Waals surface area contributed by atoms with Crippen LogP contribution in [0.25, 0.3) is 10.9 Å². The molecule has 3 aromatic rings. The Morgan fingerprint density at radius 3 is 2.18 bits per heavy atom. The third-order valence-electron chi connectivity index (χ3n) is 4.52. The van der Waals surface area contributed by atoms with E-state index in [0.717, 1.165) is 47.0 Å². The minimum Gasteiger partial charge on any atom is -0.358 e. The van der Waals surface area contributed by atoms with Gasteiger partial charge in [-0.2, -0.15) is 0 Å². The Morgan fingerprint density at radius 2 is 1.61 bits per heavy atom. The quantitative estimate of drug-likeness (QED) is 0.659. The molecule has 0 aliphatic heterocycles. The summed E-state index contributed by atoms with van der Waals surface area (Å²) in [4.78, 5) is 15.6. The van der Waals surface area contributed by atoms with Crippen LogP contribution in [0.5, 0.6) is 0 Å². The van der Waals surface area contributed by atoms with E-state index in [-0.39, 0.29) is 15.4 Å². The van der Waals surface area contributed by atoms with Crippen molar-refractivity contribution in [3.8, 4) is 0 Å². The third kappa shape index (κ3) is 3.81. The van der Waals surface area contributed by atoms with Crippen molar-refractivity contribution in [2.75, 3.05) is 6.26 Å². The molecule has 9 heteroatoms. The maximum atomic E-state index is 12.5. The second kappa shape index (κ2) is 7.06. The maximum Gasteiger partial charge on any atom is 0.265 e. The Labute approximate surface area is 163 Å². The molecule has 1 heterocycles. The highest BCUT2D eigenvalue weighted by Crippen LogP contribution is 2.24. The average molecular weight is 421 g/mol. The van der Waals surface area contributed by atoms with Gasteiger partial charge < -0.3 is 4.98 Å². The van der Waals surface area contributed by atoms with E-state index >= 15 is 0 Å². The summed E-state index contributed by atoms with van der Waals surface area (Å²) in [5.41, 5.74) is 3.18. The second-order valence-corrected chi connectivity index (χ2v) is 10.2. The molecule has 0 saturated heterocycles. The van der Waals surface area contributed by atoms with E-state index in [4.69, 9.17) is 0 Å². The van der Waals surface area contributed by atoms with Crippen LogP contribution in [-0.4, -0.2) is 34.0 Å². The molecule has 0 aliphatic rings. The lowest BCUT2D eigenvalue weighted by molar-refractivity contribution is 0.0981. The summed E-state index contributed by atoms with van der Waals surface area (Å²) in [5, 5.41) is 0.877. The first kappa shape index (κ1) is 20.1. The van der Waals surface area contributed by atoms with Crippen molar-refractivity contribution in [1.82, 2.24) is 9.71 Å². The van der Waals surface area contributed by atoms with Gasteiger partial charge in [-0.25, -0.2) is 21.6 Å². The summed E-state index contributed by atoms with van der Waals surface area (Å²) in [6, 6.07) is 9.64. The number of amides is 1. The van der Waals surface area contributed by atoms with E-state index in [1.54, 1.807) is 18.2 Å². The van der Waals surface area contributed by atoms with Crippen molar-refractivity contribution in [1.29, 1.82) is 0 Å². The molecule has 1 aromatic heterocycles. The normalized spacial score (nSPS) is 12.2. The summed E-state index contributed by atoms with van der Waals surface area (Å²) in [6.45, 7) is 3.95. The van der Waals surface area contributed by atoms with Crippen LogP contribution in [0.3, 0.4) is 0 Å². The molecule has 0 atom stereocenters. The number of sulfone groups is 1. The number of carbonyl (C=O) groups is 1. The molecule has 7 nitrogen and oxygen atoms in total. The first-order valence-corrected chi connectivity index (χ1v) is 11.9. The number of nitrogens with one attached hydrogen (secondary N) is 2. The first-order valence-electron chi connectivity index (χ1n) is 8.51. The summed E-state index contributed by atoms with van der Waals surface area (Å²) in [6.07, 6.45) is 1.81. The van der Waals surface area contributed by atoms with Crippen molar-refractivity contribution < 1.29 is 21.6 Å². The van der Waals surface area contributed by atoms with Gasteiger partial charge in [-0.15, -0.1) is 0 Å². The predicted molar refractivity (Wildman–Crippen MR) is 107 cm³/mol. The molecular weight excluding hydrogens is 400 g/mol. The van der Waals surface area contributed by atoms with Crippen LogP contribution in [0.4, 0.5) is 0 Å². The minimum absolute atomic E-state index is 0.00171. The molecular formula is C19H20N2O5S2. The molecule has 0 saturated carbocycles. The monoisotopic (exact) mass is 420 g/mol. The molecule has 0 radical (unpaired) electrons. The van der Waals surface area contributed by atoms with Gasteiger partial charge in [0.15, 0.2) is 9.84 Å². The van der Waals surface area contributed by atoms with E-state index in [1.807, 2.05) is 18.6 Å². The van der Waals surface area contributed by atoms with Crippen LogP contribution < -0.4 is 4.72 Å². The van der Waals surface area contributed by atoms with Gasteiger partial charge in [0.05, 0.1) is 9.79 Å². The molecule has 28 heavy (non-hydrogen) atoms. The van der Waals surface area contributed by atoms with E-state index in [2.05, 4.69) is 4.98 Å². The van der Waals surface area contributed by atoms with Gasteiger partial charge in [0.2, 0.25) is 0 Å². The van der Waals surface area contributed by atoms with Crippen LogP contribution in [0.15, 0.2) is 52.3 Å². The Hall–Kier alpha value is -2.65. The lowest BCUT2D eigenvalue weighted by Crippen LogP contribution is -2.30. The van der Waals surface area contributed by atoms with Crippen molar-refractivity contribution in [3.05, 3.63) is 59.3 Å². The van der Waals surface area contributed by atoms with Gasteiger partial charge >= 0.3 is 0 Å². The van der Waals surface area contributed by atoms with Crippen LogP contribution in [0.2, 0.25) is 0 Å². The van der Waals surface area contributed by atoms with Crippen molar-refractivity contribution >= 4 is 36.7 Å². The van der Waals surface area contributed by atoms with Gasteiger partial charge in [-0.1, -0.05) is 6.92 Å². The average Bonchev–Trinajstić information content (AvgIpc) is 2.94. The largest absolute Gasteiger partial charge is 0.358 e. The van der Waals surface area contributed by atoms with Crippen molar-refractivity contribution in [3.63, 3.8) is 0 Å². The molecule has 0 fully saturated rings. The summed E-state index contributed by atoms with van der Waals surface area (Å²) < 4.78 is 50.0. The number of aryl methyl sites for hydroxylation is 2. The summed E-state index contributed by atoms with van der Waals surface area (Å²) in [5.74, 6) is -0.755. The Bertz CT molecular complexity index is 1270. The van der Waals surface area contributed by atoms with E-state index in [1.165, 1.54) is 12.1 Å². The highest BCUT2D eigenvalue weighted by Gasteiger charge is 2.20. The second-order valence-electron chi connectivity index (χ2n) is 6.52. The number of aromatic amines is 1. The van der Waals surface area contributed by atoms with Crippen LogP contribution >= 0.6 is 0 Å². The van der Waals surface area contributed by atoms with Crippen LogP contribution in [0, 0.1) is 6.92 Å². The first-order chi connectivity index (χ1) is 13.0. The Kier molecular flexibility index (Phi) is 5.07. The zero-order valence-corrected chi connectivity index (χ0v) is 17.2. The zero-order chi connectivity index (χ0) is 20.7. The lowest BCUT2D eigenvalue weighted by Gasteiger charge is -2.08. The topological polar surface area (TPSA) is 113 Å². The SMILES string of the molecule is CCc1c(C)[nH]c2ccc(C(=O)NS(=O)(=O)c3ccc(S(C)(=O)=O)cc3)cc12. The third-order valence-corrected chi connectivity index (χ3v) is 7.00. The van der Waals surface area contributed by atoms with Crippen LogP contribution in [-0.2, 0) is 26.3 Å². The standard InChI is InChI=1S/C19H20N2O5S2/c1-4-16-12(2)20-18-10-5-13(11-17(16)18)19(22)21-28(25,26)15-8-6-14(7-9-15)27(3,23)24/h5-11,20H,4H2,1-3H3,(H,21,22). The van der Waals surface area contributed by atoms with Gasteiger partial charge in [0.1, 0.15) is 0 Å². The minimum atomic E-state index is -4.14. The molecule has 0 spiro atoms. The summed E-state index contributed by atoms with van der Waals surface area (Å²) >= 11 is 0. The highest BCUT2D eigenvalue weighted by molar-refractivity contribution is 7.91. The molecule has 1 amide bonds. The van der Waals surface area contributed by atoms with E-state index < -0.39 is 25.8 Å². The van der Waals surface area contributed by atoms with Crippen molar-refractivity contribution in [2.45, 2.75) is 30.1 Å². The van der Waals surface area contributed by atoms with Gasteiger partial charge in [-0.3, -0.25) is 4.79 Å². The fraction of sp³-hybridized carbons (Fsp3) is 0.211. The number of rotatable bonds is 5. The number of hydrogen-bond donors (Lipinski definition) is 2. The number of benzene rings is 2. The maximum absolute atomic E-state index is 12.5. The van der Waals surface area contributed by atoms with Gasteiger partial charge in [0.25, 0.3) is 15.9 Å². The molecule has 0 unspecified atom stereocenters. The number of carbonyl (C=O) groups excluding carboxylic acids is 1. The highest BCUT2D eigenvalue weighted by atomic mass is 32.2. The Morgan fingerprint density at radius 1 is 1.00 bits per heavy atom. The molecule has 0 aliphatic carbocycles. The molecule has 2 N–H and O–H groups in total. The number of aromatic nitrogens is 1. The number of hydrogen-bond acceptors (Lipinski definition) is 5. The predicted octanol–water partition coefficient (Wildman–Crippen LogP) is 2.56. The smallest absolute Gasteiger partial charge is 0.265 e. The summed E-state index contributed by atoms with van der Waals surface area (Å²) in [7, 11) is -7.58. The lowest BCUT2D eigenvalue weighted by atomic mass is 10.1. The zero-order valence-electron chi connectivity index (χ0n) is 15.6. The van der Waals surface area contributed by atoms with Crippen molar-refractivity contribution in [2.24, 2.45) is 0 Å². The number of fused-ring (bicyclic) bond motifs is 1. The fourth-order valence-corrected chi connectivity index (χ4v) is 4.69.